The third-order valence-corrected chi connectivity index (χ3v) is 5.79. The smallest absolute Gasteiger partial charge is 0.0111 e. The van der Waals surface area contributed by atoms with E-state index in [1.165, 1.54) is 38.0 Å². The predicted octanol–water partition coefficient (Wildman–Crippen LogP) is 2.43. The highest BCUT2D eigenvalue weighted by molar-refractivity contribution is 7.98. The maximum atomic E-state index is 6.38. The monoisotopic (exact) mass is 256 g/mol. The van der Waals surface area contributed by atoms with Crippen molar-refractivity contribution in [3.8, 4) is 0 Å². The van der Waals surface area contributed by atoms with Gasteiger partial charge in [-0.15, -0.1) is 0 Å². The maximum Gasteiger partial charge on any atom is 0.0111 e. The van der Waals surface area contributed by atoms with Crippen molar-refractivity contribution in [1.29, 1.82) is 0 Å². The number of nitrogens with zero attached hydrogens (tertiary/aromatic N) is 1. The minimum atomic E-state index is 0.490. The van der Waals surface area contributed by atoms with E-state index in [0.29, 0.717) is 12.1 Å². The molecule has 0 radical (unpaired) electrons. The van der Waals surface area contributed by atoms with E-state index < -0.39 is 0 Å². The number of hydrogen-bond donors (Lipinski definition) is 1. The third kappa shape index (κ3) is 2.99. The van der Waals surface area contributed by atoms with Gasteiger partial charge in [0.2, 0.25) is 0 Å². The lowest BCUT2D eigenvalue weighted by Gasteiger charge is -2.34. The van der Waals surface area contributed by atoms with Gasteiger partial charge in [-0.3, -0.25) is 0 Å². The first kappa shape index (κ1) is 13.7. The van der Waals surface area contributed by atoms with Gasteiger partial charge in [-0.2, -0.15) is 11.8 Å². The zero-order chi connectivity index (χ0) is 12.4. The molecular formula is C14H28N2S. The molecular weight excluding hydrogens is 228 g/mol. The topological polar surface area (TPSA) is 29.3 Å². The highest BCUT2D eigenvalue weighted by Crippen LogP contribution is 2.47. The van der Waals surface area contributed by atoms with Gasteiger partial charge in [0, 0.05) is 18.6 Å². The normalized spacial score (nSPS) is 37.9. The van der Waals surface area contributed by atoms with Crippen molar-refractivity contribution in [2.45, 2.75) is 44.7 Å². The number of thioether (sulfide) groups is 1. The van der Waals surface area contributed by atoms with E-state index in [4.69, 9.17) is 5.73 Å². The van der Waals surface area contributed by atoms with Crippen molar-refractivity contribution in [3.63, 3.8) is 0 Å². The molecule has 0 aliphatic heterocycles. The number of hydrogen-bond acceptors (Lipinski definition) is 3. The van der Waals surface area contributed by atoms with E-state index in [1.807, 2.05) is 11.8 Å². The van der Waals surface area contributed by atoms with Gasteiger partial charge >= 0.3 is 0 Å². The van der Waals surface area contributed by atoms with Crippen LogP contribution >= 0.6 is 11.8 Å². The van der Waals surface area contributed by atoms with Gasteiger partial charge in [0.15, 0.2) is 0 Å². The van der Waals surface area contributed by atoms with E-state index in [1.54, 1.807) is 0 Å². The number of rotatable bonds is 6. The molecule has 3 heteroatoms. The number of nitrogens with two attached hydrogens (primary N) is 1. The largest absolute Gasteiger partial charge is 0.327 e. The fourth-order valence-electron chi connectivity index (χ4n) is 3.75. The second-order valence-corrected chi connectivity index (χ2v) is 7.13. The molecule has 0 aromatic carbocycles. The van der Waals surface area contributed by atoms with Crippen LogP contribution < -0.4 is 5.73 Å². The fraction of sp³-hybridized carbons (Fsp3) is 1.00. The van der Waals surface area contributed by atoms with Gasteiger partial charge in [-0.05, 0) is 69.4 Å². The molecule has 2 nitrogen and oxygen atoms in total. The van der Waals surface area contributed by atoms with E-state index >= 15 is 0 Å². The summed E-state index contributed by atoms with van der Waals surface area (Å²) in [5, 5.41) is 0. The second-order valence-electron chi connectivity index (χ2n) is 6.14. The van der Waals surface area contributed by atoms with Gasteiger partial charge in [-0.1, -0.05) is 0 Å². The van der Waals surface area contributed by atoms with Crippen LogP contribution in [-0.2, 0) is 0 Å². The molecule has 2 bridgehead atoms. The Labute approximate surface area is 111 Å². The van der Waals surface area contributed by atoms with Crippen LogP contribution in [0.1, 0.15) is 32.6 Å². The molecule has 2 rings (SSSR count). The minimum Gasteiger partial charge on any atom is -0.327 e. The summed E-state index contributed by atoms with van der Waals surface area (Å²) < 4.78 is 0. The van der Waals surface area contributed by atoms with Gasteiger partial charge in [-0.25, -0.2) is 0 Å². The lowest BCUT2D eigenvalue weighted by molar-refractivity contribution is 0.164. The van der Waals surface area contributed by atoms with Crippen LogP contribution in [0.3, 0.4) is 0 Å². The minimum absolute atomic E-state index is 0.490. The Hall–Kier alpha value is 0.270. The maximum absolute atomic E-state index is 6.38. The van der Waals surface area contributed by atoms with E-state index in [9.17, 15) is 0 Å². The molecule has 0 saturated heterocycles. The molecule has 5 atom stereocenters. The molecule has 0 spiro atoms. The average molecular weight is 256 g/mol. The summed E-state index contributed by atoms with van der Waals surface area (Å²) in [6, 6.07) is 1.19. The molecule has 0 aromatic heterocycles. The highest BCUT2D eigenvalue weighted by Gasteiger charge is 2.45. The summed E-state index contributed by atoms with van der Waals surface area (Å²) in [7, 11) is 2.28. The van der Waals surface area contributed by atoms with Crippen molar-refractivity contribution in [2.24, 2.45) is 23.5 Å². The quantitative estimate of drug-likeness (QED) is 0.791. The van der Waals surface area contributed by atoms with Gasteiger partial charge in [0.05, 0.1) is 0 Å². The van der Waals surface area contributed by atoms with Crippen LogP contribution in [0.2, 0.25) is 0 Å². The van der Waals surface area contributed by atoms with Crippen molar-refractivity contribution in [3.05, 3.63) is 0 Å². The zero-order valence-electron chi connectivity index (χ0n) is 11.6. The van der Waals surface area contributed by atoms with Crippen LogP contribution in [0.15, 0.2) is 0 Å². The summed E-state index contributed by atoms with van der Waals surface area (Å²) in [5.74, 6) is 3.83. The first-order valence-corrected chi connectivity index (χ1v) is 8.47. The Balaban J connectivity index is 1.80. The first-order chi connectivity index (χ1) is 8.13. The van der Waals surface area contributed by atoms with E-state index in [2.05, 4.69) is 25.1 Å². The summed E-state index contributed by atoms with van der Waals surface area (Å²) in [5.41, 5.74) is 6.38. The number of fused-ring (bicyclic) bond motifs is 2. The van der Waals surface area contributed by atoms with Crippen molar-refractivity contribution in [1.82, 2.24) is 4.90 Å². The molecule has 2 saturated carbocycles. The van der Waals surface area contributed by atoms with Crippen LogP contribution in [0, 0.1) is 17.8 Å². The zero-order valence-corrected chi connectivity index (χ0v) is 12.4. The average Bonchev–Trinajstić information content (AvgIpc) is 2.89. The SMILES string of the molecule is CSCCC(C)N(C)CC1C2CCC(C2)C1N. The molecule has 0 aromatic rings. The Morgan fingerprint density at radius 2 is 2.06 bits per heavy atom. The molecule has 100 valence electrons. The molecule has 2 aliphatic rings. The Morgan fingerprint density at radius 3 is 2.65 bits per heavy atom. The molecule has 2 aliphatic carbocycles. The fourth-order valence-corrected chi connectivity index (χ4v) is 4.32. The van der Waals surface area contributed by atoms with Crippen LogP contribution in [0.4, 0.5) is 0 Å². The lowest BCUT2D eigenvalue weighted by Crippen LogP contribution is -2.44. The Kier molecular flexibility index (Phi) is 4.79. The summed E-state index contributed by atoms with van der Waals surface area (Å²) in [6.07, 6.45) is 7.75. The molecule has 2 N–H and O–H groups in total. The van der Waals surface area contributed by atoms with Gasteiger partial charge in [0.25, 0.3) is 0 Å². The van der Waals surface area contributed by atoms with Gasteiger partial charge < -0.3 is 10.6 Å². The van der Waals surface area contributed by atoms with E-state index in [0.717, 1.165) is 17.8 Å². The van der Waals surface area contributed by atoms with Crippen LogP contribution in [-0.4, -0.2) is 42.6 Å². The van der Waals surface area contributed by atoms with Crippen LogP contribution in [0.5, 0.6) is 0 Å². The molecule has 0 heterocycles. The lowest BCUT2D eigenvalue weighted by atomic mass is 9.84. The molecule has 17 heavy (non-hydrogen) atoms. The van der Waals surface area contributed by atoms with Crippen molar-refractivity contribution < 1.29 is 0 Å². The van der Waals surface area contributed by atoms with E-state index in [-0.39, 0.29) is 0 Å². The molecule has 2 fully saturated rings. The first-order valence-electron chi connectivity index (χ1n) is 7.08. The summed E-state index contributed by atoms with van der Waals surface area (Å²) in [6.45, 7) is 3.58. The van der Waals surface area contributed by atoms with Crippen LogP contribution in [0.25, 0.3) is 0 Å². The summed E-state index contributed by atoms with van der Waals surface area (Å²) in [4.78, 5) is 2.54. The Bertz CT molecular complexity index is 244. The summed E-state index contributed by atoms with van der Waals surface area (Å²) >= 11 is 1.95. The second kappa shape index (κ2) is 5.94. The highest BCUT2D eigenvalue weighted by atomic mass is 32.2. The van der Waals surface area contributed by atoms with Crippen molar-refractivity contribution >= 4 is 11.8 Å². The standard InChI is InChI=1S/C14H28N2S/c1-10(6-7-17-3)16(2)9-13-11-4-5-12(8-11)14(13)15/h10-14H,4-9,15H2,1-3H3. The molecule has 5 unspecified atom stereocenters. The Morgan fingerprint density at radius 1 is 1.35 bits per heavy atom. The predicted molar refractivity (Wildman–Crippen MR) is 77.4 cm³/mol. The molecule has 0 amide bonds. The van der Waals surface area contributed by atoms with Gasteiger partial charge in [0.1, 0.15) is 0 Å². The van der Waals surface area contributed by atoms with Crippen molar-refractivity contribution in [2.75, 3.05) is 25.6 Å². The third-order valence-electron chi connectivity index (χ3n) is 5.15.